The van der Waals surface area contributed by atoms with Crippen LogP contribution in [0.25, 0.3) is 0 Å². The molecule has 0 aromatic heterocycles. The highest BCUT2D eigenvalue weighted by Crippen LogP contribution is 2.25. The zero-order chi connectivity index (χ0) is 11.5. The van der Waals surface area contributed by atoms with E-state index in [1.165, 1.54) is 0 Å². The molecule has 0 aliphatic carbocycles. The van der Waals surface area contributed by atoms with E-state index >= 15 is 0 Å². The first-order valence-corrected chi connectivity index (χ1v) is 5.07. The fraction of sp³-hybridized carbons (Fsp3) is 0.900. The molecule has 1 fully saturated rings. The minimum Gasteiger partial charge on any atom is -0.464 e. The number of alkyl halides is 1. The number of ether oxygens (including phenoxy) is 3. The summed E-state index contributed by atoms with van der Waals surface area (Å²) in [5.74, 6) is -1.51. The normalized spacial score (nSPS) is 26.3. The fourth-order valence-electron chi connectivity index (χ4n) is 1.44. The summed E-state index contributed by atoms with van der Waals surface area (Å²) in [6.07, 6.45) is -2.02. The summed E-state index contributed by atoms with van der Waals surface area (Å²) in [6.45, 7) is 5.65. The van der Waals surface area contributed by atoms with E-state index in [0.29, 0.717) is 6.61 Å². The molecule has 1 aliphatic heterocycles. The van der Waals surface area contributed by atoms with Crippen molar-refractivity contribution in [3.8, 4) is 0 Å². The molecule has 0 N–H and O–H groups in total. The molecule has 0 amide bonds. The summed E-state index contributed by atoms with van der Waals surface area (Å²) in [6, 6.07) is 0. The Labute approximate surface area is 88.7 Å². The number of carbonyl (C=O) groups is 1. The van der Waals surface area contributed by atoms with Gasteiger partial charge in [0.2, 0.25) is 0 Å². The van der Waals surface area contributed by atoms with Crippen LogP contribution >= 0.6 is 0 Å². The van der Waals surface area contributed by atoms with Gasteiger partial charge < -0.3 is 14.2 Å². The van der Waals surface area contributed by atoms with Gasteiger partial charge in [-0.2, -0.15) is 0 Å². The van der Waals surface area contributed by atoms with E-state index in [0.717, 1.165) is 0 Å². The molecule has 0 unspecified atom stereocenters. The van der Waals surface area contributed by atoms with Crippen molar-refractivity contribution < 1.29 is 23.4 Å². The van der Waals surface area contributed by atoms with Crippen molar-refractivity contribution in [3.63, 3.8) is 0 Å². The molecule has 2 atom stereocenters. The lowest BCUT2D eigenvalue weighted by atomic mass is 10.2. The predicted molar refractivity (Wildman–Crippen MR) is 51.1 cm³/mol. The van der Waals surface area contributed by atoms with Gasteiger partial charge in [-0.05, 0) is 20.8 Å². The molecule has 0 spiro atoms. The Morgan fingerprint density at radius 1 is 1.67 bits per heavy atom. The Kier molecular flexibility index (Phi) is 4.04. The first-order valence-electron chi connectivity index (χ1n) is 5.07. The molecule has 88 valence electrons. The number of esters is 1. The number of halogens is 1. The van der Waals surface area contributed by atoms with E-state index in [1.807, 2.05) is 0 Å². The molecular formula is C10H17FO4. The van der Waals surface area contributed by atoms with Gasteiger partial charge >= 0.3 is 5.97 Å². The van der Waals surface area contributed by atoms with E-state index in [4.69, 9.17) is 9.47 Å². The van der Waals surface area contributed by atoms with Crippen molar-refractivity contribution in [1.29, 1.82) is 0 Å². The van der Waals surface area contributed by atoms with Crippen LogP contribution in [0.4, 0.5) is 4.39 Å². The first-order chi connectivity index (χ1) is 6.94. The van der Waals surface area contributed by atoms with Crippen LogP contribution in [0, 0.1) is 0 Å². The van der Waals surface area contributed by atoms with E-state index in [1.54, 1.807) is 20.8 Å². The third-order valence-electron chi connectivity index (χ3n) is 2.08. The maximum atomic E-state index is 13.3. The number of rotatable bonds is 4. The zero-order valence-electron chi connectivity index (χ0n) is 9.29. The topological polar surface area (TPSA) is 44.8 Å². The molecule has 0 bridgehead atoms. The lowest BCUT2D eigenvalue weighted by Gasteiger charge is -2.17. The van der Waals surface area contributed by atoms with Gasteiger partial charge in [-0.3, -0.25) is 0 Å². The molecule has 4 nitrogen and oxygen atoms in total. The smallest absolute Gasteiger partial charge is 0.340 e. The summed E-state index contributed by atoms with van der Waals surface area (Å²) >= 11 is 0. The van der Waals surface area contributed by atoms with Gasteiger partial charge in [-0.1, -0.05) is 0 Å². The van der Waals surface area contributed by atoms with Crippen LogP contribution in [0.3, 0.4) is 0 Å². The highest BCUT2D eigenvalue weighted by atomic mass is 19.1. The molecule has 0 radical (unpaired) electrons. The monoisotopic (exact) mass is 220 g/mol. The van der Waals surface area contributed by atoms with Crippen molar-refractivity contribution >= 4 is 5.97 Å². The SMILES string of the molecule is CCOC(=O)[C@H](F)C[C@H]1COC(C)(C)O1. The number of carbonyl (C=O) groups excluding carboxylic acids is 1. The van der Waals surface area contributed by atoms with Gasteiger partial charge in [0.25, 0.3) is 0 Å². The van der Waals surface area contributed by atoms with Crippen LogP contribution in [0.15, 0.2) is 0 Å². The Hall–Kier alpha value is -0.680. The molecular weight excluding hydrogens is 203 g/mol. The average molecular weight is 220 g/mol. The van der Waals surface area contributed by atoms with Gasteiger partial charge in [-0.15, -0.1) is 0 Å². The molecule has 1 saturated heterocycles. The van der Waals surface area contributed by atoms with Gasteiger partial charge in [0.1, 0.15) is 0 Å². The quantitative estimate of drug-likeness (QED) is 0.672. The Morgan fingerprint density at radius 3 is 2.80 bits per heavy atom. The molecule has 1 aliphatic rings. The van der Waals surface area contributed by atoms with Crippen LogP contribution in [-0.4, -0.2) is 37.2 Å². The maximum Gasteiger partial charge on any atom is 0.340 e. The number of hydrogen-bond acceptors (Lipinski definition) is 4. The summed E-state index contributed by atoms with van der Waals surface area (Å²) < 4.78 is 28.5. The van der Waals surface area contributed by atoms with E-state index in [-0.39, 0.29) is 19.1 Å². The molecule has 0 aromatic rings. The van der Waals surface area contributed by atoms with Crippen molar-refractivity contribution in [2.75, 3.05) is 13.2 Å². The van der Waals surface area contributed by atoms with Crippen LogP contribution < -0.4 is 0 Å². The Bertz CT molecular complexity index is 229. The second-order valence-electron chi connectivity index (χ2n) is 3.91. The highest BCUT2D eigenvalue weighted by Gasteiger charge is 2.35. The number of hydrogen-bond donors (Lipinski definition) is 0. The van der Waals surface area contributed by atoms with Gasteiger partial charge in [0.15, 0.2) is 12.0 Å². The third-order valence-corrected chi connectivity index (χ3v) is 2.08. The minimum absolute atomic E-state index is 0.0116. The van der Waals surface area contributed by atoms with Gasteiger partial charge in [-0.25, -0.2) is 9.18 Å². The molecule has 1 rings (SSSR count). The summed E-state index contributed by atoms with van der Waals surface area (Å²) in [4.78, 5) is 11.0. The molecule has 5 heteroatoms. The third kappa shape index (κ3) is 3.76. The molecule has 0 aromatic carbocycles. The lowest BCUT2D eigenvalue weighted by Crippen LogP contribution is -2.27. The summed E-state index contributed by atoms with van der Waals surface area (Å²) in [7, 11) is 0. The predicted octanol–water partition coefficient (Wildman–Crippen LogP) is 1.43. The Balaban J connectivity index is 2.33. The van der Waals surface area contributed by atoms with Crippen molar-refractivity contribution in [3.05, 3.63) is 0 Å². The van der Waals surface area contributed by atoms with Crippen molar-refractivity contribution in [2.45, 2.75) is 45.3 Å². The Morgan fingerprint density at radius 2 is 2.33 bits per heavy atom. The zero-order valence-corrected chi connectivity index (χ0v) is 9.29. The van der Waals surface area contributed by atoms with Crippen molar-refractivity contribution in [2.24, 2.45) is 0 Å². The average Bonchev–Trinajstić information content (AvgIpc) is 2.46. The summed E-state index contributed by atoms with van der Waals surface area (Å²) in [5, 5.41) is 0. The van der Waals surface area contributed by atoms with Gasteiger partial charge in [0, 0.05) is 6.42 Å². The van der Waals surface area contributed by atoms with E-state index in [2.05, 4.69) is 4.74 Å². The fourth-order valence-corrected chi connectivity index (χ4v) is 1.44. The summed E-state index contributed by atoms with van der Waals surface area (Å²) in [5.41, 5.74) is 0. The highest BCUT2D eigenvalue weighted by molar-refractivity contribution is 5.74. The van der Waals surface area contributed by atoms with Crippen LogP contribution in [0.1, 0.15) is 27.2 Å². The second kappa shape index (κ2) is 4.90. The molecule has 15 heavy (non-hydrogen) atoms. The van der Waals surface area contributed by atoms with Crippen LogP contribution in [0.5, 0.6) is 0 Å². The molecule has 0 saturated carbocycles. The van der Waals surface area contributed by atoms with Crippen LogP contribution in [0.2, 0.25) is 0 Å². The lowest BCUT2D eigenvalue weighted by molar-refractivity contribution is -0.155. The van der Waals surface area contributed by atoms with Crippen molar-refractivity contribution in [1.82, 2.24) is 0 Å². The maximum absolute atomic E-state index is 13.3. The van der Waals surface area contributed by atoms with Gasteiger partial charge in [0.05, 0.1) is 19.3 Å². The largest absolute Gasteiger partial charge is 0.464 e. The van der Waals surface area contributed by atoms with E-state index < -0.39 is 17.9 Å². The first kappa shape index (κ1) is 12.4. The standard InChI is InChI=1S/C10H17FO4/c1-4-13-9(12)8(11)5-7-6-14-10(2,3)15-7/h7-8H,4-6H2,1-3H3/t7-,8+/m0/s1. The molecule has 1 heterocycles. The van der Waals surface area contributed by atoms with Crippen LogP contribution in [-0.2, 0) is 19.0 Å². The minimum atomic E-state index is -1.63. The van der Waals surface area contributed by atoms with E-state index in [9.17, 15) is 9.18 Å². The second-order valence-corrected chi connectivity index (χ2v) is 3.91.